The molecule has 0 fully saturated rings. The van der Waals surface area contributed by atoms with Gasteiger partial charge >= 0.3 is 0 Å². The molecule has 0 bridgehead atoms. The second-order valence-electron chi connectivity index (χ2n) is 3.42. The zero-order valence-corrected chi connectivity index (χ0v) is 14.5. The van der Waals surface area contributed by atoms with Crippen LogP contribution in [-0.2, 0) is 0 Å². The van der Waals surface area contributed by atoms with Crippen molar-refractivity contribution in [1.29, 1.82) is 0 Å². The third kappa shape index (κ3) is 2.98. The lowest BCUT2D eigenvalue weighted by Gasteiger charge is -2.17. The minimum Gasteiger partial charge on any atom is -0.308 e. The summed E-state index contributed by atoms with van der Waals surface area (Å²) >= 11 is 12.2. The first-order valence-corrected chi connectivity index (χ1v) is 8.15. The molecule has 1 unspecified atom stereocenters. The summed E-state index contributed by atoms with van der Waals surface area (Å²) in [5.41, 5.74) is 2.18. The van der Waals surface area contributed by atoms with Crippen molar-refractivity contribution in [2.45, 2.75) is 6.04 Å². The summed E-state index contributed by atoms with van der Waals surface area (Å²) in [6.45, 7) is 0. The Hall–Kier alpha value is 0.250. The number of rotatable bonds is 3. The fourth-order valence-electron chi connectivity index (χ4n) is 1.57. The number of halogens is 3. The van der Waals surface area contributed by atoms with Crippen LogP contribution in [0.25, 0.3) is 0 Å². The lowest BCUT2D eigenvalue weighted by Crippen LogP contribution is -2.19. The van der Waals surface area contributed by atoms with E-state index in [9.17, 15) is 0 Å². The number of hydrogen-bond acceptors (Lipinski definition) is 3. The number of nitrogens with zero attached hydrogens (tertiary/aromatic N) is 1. The standard InChI is InChI=1S/C11H9Br3N2S/c1-15-10(7-4-17-5-9(7)14)11-8(13)2-6(12)3-16-11/h2-5,10,15H,1H3. The molecule has 0 aliphatic carbocycles. The summed E-state index contributed by atoms with van der Waals surface area (Å²) in [7, 11) is 1.94. The average molecular weight is 441 g/mol. The van der Waals surface area contributed by atoms with Crippen LogP contribution in [0.2, 0.25) is 0 Å². The van der Waals surface area contributed by atoms with Crippen molar-refractivity contribution in [2.24, 2.45) is 0 Å². The van der Waals surface area contributed by atoms with Gasteiger partial charge in [0, 0.05) is 30.6 Å². The van der Waals surface area contributed by atoms with Crippen LogP contribution in [0.4, 0.5) is 0 Å². The summed E-state index contributed by atoms with van der Waals surface area (Å²) in [5.74, 6) is 0. The Labute approximate surface area is 129 Å². The summed E-state index contributed by atoms with van der Waals surface area (Å²) in [4.78, 5) is 4.47. The monoisotopic (exact) mass is 438 g/mol. The number of nitrogens with one attached hydrogen (secondary N) is 1. The Morgan fingerprint density at radius 3 is 2.53 bits per heavy atom. The van der Waals surface area contributed by atoms with Crippen molar-refractivity contribution < 1.29 is 0 Å². The maximum Gasteiger partial charge on any atom is 0.0779 e. The summed E-state index contributed by atoms with van der Waals surface area (Å²) < 4.78 is 3.06. The third-order valence-electron chi connectivity index (χ3n) is 2.35. The Bertz CT molecular complexity index is 527. The van der Waals surface area contributed by atoms with E-state index in [4.69, 9.17) is 0 Å². The molecule has 0 aromatic carbocycles. The molecule has 0 aliphatic rings. The van der Waals surface area contributed by atoms with Crippen LogP contribution in [0, 0.1) is 0 Å². The SMILES string of the molecule is CNC(c1cscc1Br)c1ncc(Br)cc1Br. The molecule has 2 aromatic heterocycles. The van der Waals surface area contributed by atoms with E-state index in [1.807, 2.05) is 19.3 Å². The fourth-order valence-corrected chi connectivity index (χ4v) is 4.34. The van der Waals surface area contributed by atoms with E-state index in [0.717, 1.165) is 19.1 Å². The highest BCUT2D eigenvalue weighted by molar-refractivity contribution is 9.11. The number of thiophene rings is 1. The van der Waals surface area contributed by atoms with Crippen molar-refractivity contribution in [1.82, 2.24) is 10.3 Å². The quantitative estimate of drug-likeness (QED) is 0.745. The van der Waals surface area contributed by atoms with Crippen molar-refractivity contribution in [3.05, 3.63) is 47.7 Å². The van der Waals surface area contributed by atoms with Gasteiger partial charge < -0.3 is 5.32 Å². The van der Waals surface area contributed by atoms with Gasteiger partial charge in [-0.25, -0.2) is 0 Å². The summed E-state index contributed by atoms with van der Waals surface area (Å²) in [6.07, 6.45) is 1.81. The molecule has 2 nitrogen and oxygen atoms in total. The predicted molar refractivity (Wildman–Crippen MR) is 82.6 cm³/mol. The lowest BCUT2D eigenvalue weighted by atomic mass is 10.1. The van der Waals surface area contributed by atoms with Gasteiger partial charge in [0.15, 0.2) is 0 Å². The smallest absolute Gasteiger partial charge is 0.0779 e. The number of hydrogen-bond donors (Lipinski definition) is 1. The fraction of sp³-hybridized carbons (Fsp3) is 0.182. The number of pyridine rings is 1. The molecule has 0 aliphatic heterocycles. The highest BCUT2D eigenvalue weighted by Gasteiger charge is 2.19. The highest BCUT2D eigenvalue weighted by Crippen LogP contribution is 2.34. The average Bonchev–Trinajstić information content (AvgIpc) is 2.69. The zero-order valence-electron chi connectivity index (χ0n) is 8.88. The van der Waals surface area contributed by atoms with Gasteiger partial charge in [-0.3, -0.25) is 4.98 Å². The van der Waals surface area contributed by atoms with Crippen molar-refractivity contribution in [2.75, 3.05) is 7.05 Å². The summed E-state index contributed by atoms with van der Waals surface area (Å²) in [6, 6.07) is 2.09. The molecule has 1 atom stereocenters. The first-order valence-electron chi connectivity index (χ1n) is 4.83. The van der Waals surface area contributed by atoms with E-state index in [1.165, 1.54) is 5.56 Å². The van der Waals surface area contributed by atoms with Crippen LogP contribution in [0.15, 0.2) is 36.4 Å². The maximum absolute atomic E-state index is 4.47. The van der Waals surface area contributed by atoms with Crippen molar-refractivity contribution in [3.63, 3.8) is 0 Å². The first kappa shape index (κ1) is 13.7. The molecular weight excluding hydrogens is 432 g/mol. The van der Waals surface area contributed by atoms with Crippen molar-refractivity contribution >= 4 is 59.1 Å². The van der Waals surface area contributed by atoms with Gasteiger partial charge in [-0.1, -0.05) is 0 Å². The third-order valence-corrected chi connectivity index (χ3v) is 5.17. The molecule has 17 heavy (non-hydrogen) atoms. The second kappa shape index (κ2) is 5.93. The Kier molecular flexibility index (Phi) is 4.77. The molecule has 0 amide bonds. The molecule has 6 heteroatoms. The van der Waals surface area contributed by atoms with Gasteiger partial charge in [0.2, 0.25) is 0 Å². The molecule has 2 aromatic rings. The largest absolute Gasteiger partial charge is 0.308 e. The van der Waals surface area contributed by atoms with E-state index in [2.05, 4.69) is 68.9 Å². The van der Waals surface area contributed by atoms with E-state index in [1.54, 1.807) is 11.3 Å². The molecular formula is C11H9Br3N2S. The van der Waals surface area contributed by atoms with Gasteiger partial charge in [-0.2, -0.15) is 11.3 Å². The lowest BCUT2D eigenvalue weighted by molar-refractivity contribution is 0.667. The van der Waals surface area contributed by atoms with Gasteiger partial charge in [0.25, 0.3) is 0 Å². The zero-order chi connectivity index (χ0) is 12.4. The maximum atomic E-state index is 4.47. The summed E-state index contributed by atoms with van der Waals surface area (Å²) in [5, 5.41) is 7.49. The Morgan fingerprint density at radius 2 is 2.00 bits per heavy atom. The second-order valence-corrected chi connectivity index (χ2v) is 6.79. The van der Waals surface area contributed by atoms with E-state index >= 15 is 0 Å². The van der Waals surface area contributed by atoms with Crippen LogP contribution in [0.1, 0.15) is 17.3 Å². The first-order chi connectivity index (χ1) is 8.13. The van der Waals surface area contributed by atoms with Gasteiger partial charge in [-0.05, 0) is 66.3 Å². The molecule has 0 saturated heterocycles. The highest BCUT2D eigenvalue weighted by atomic mass is 79.9. The van der Waals surface area contributed by atoms with Gasteiger partial charge in [-0.15, -0.1) is 0 Å². The molecule has 1 N–H and O–H groups in total. The van der Waals surface area contributed by atoms with E-state index in [0.29, 0.717) is 0 Å². The predicted octanol–water partition coefficient (Wildman–Crippen LogP) is 4.74. The van der Waals surface area contributed by atoms with E-state index < -0.39 is 0 Å². The van der Waals surface area contributed by atoms with Crippen molar-refractivity contribution in [3.8, 4) is 0 Å². The van der Waals surface area contributed by atoms with Gasteiger partial charge in [0.05, 0.1) is 11.7 Å². The number of aromatic nitrogens is 1. The molecule has 2 rings (SSSR count). The van der Waals surface area contributed by atoms with Crippen LogP contribution >= 0.6 is 59.1 Å². The Morgan fingerprint density at radius 1 is 1.24 bits per heavy atom. The molecule has 0 saturated carbocycles. The molecule has 0 spiro atoms. The minimum atomic E-state index is 0.0816. The molecule has 2 heterocycles. The topological polar surface area (TPSA) is 24.9 Å². The minimum absolute atomic E-state index is 0.0816. The van der Waals surface area contributed by atoms with Crippen LogP contribution in [0.5, 0.6) is 0 Å². The van der Waals surface area contributed by atoms with Crippen LogP contribution < -0.4 is 5.32 Å². The van der Waals surface area contributed by atoms with E-state index in [-0.39, 0.29) is 6.04 Å². The molecule has 90 valence electrons. The van der Waals surface area contributed by atoms with Crippen LogP contribution in [0.3, 0.4) is 0 Å². The normalized spacial score (nSPS) is 12.7. The van der Waals surface area contributed by atoms with Crippen LogP contribution in [-0.4, -0.2) is 12.0 Å². The Balaban J connectivity index is 2.46. The van der Waals surface area contributed by atoms with Gasteiger partial charge in [0.1, 0.15) is 0 Å². The molecule has 0 radical (unpaired) electrons.